The highest BCUT2D eigenvalue weighted by molar-refractivity contribution is 5.88. The van der Waals surface area contributed by atoms with E-state index in [-0.39, 0.29) is 5.56 Å². The highest BCUT2D eigenvalue weighted by Gasteiger charge is 2.12. The number of carbonyl (C=O) groups is 1. The highest BCUT2D eigenvalue weighted by atomic mass is 16.4. The molecule has 0 bridgehead atoms. The van der Waals surface area contributed by atoms with E-state index in [1.54, 1.807) is 24.3 Å². The zero-order chi connectivity index (χ0) is 21.2. The predicted octanol–water partition coefficient (Wildman–Crippen LogP) is 6.09. The van der Waals surface area contributed by atoms with Gasteiger partial charge in [0, 0.05) is 24.3 Å². The van der Waals surface area contributed by atoms with E-state index in [0.717, 1.165) is 35.7 Å². The van der Waals surface area contributed by atoms with Crippen LogP contribution in [0.2, 0.25) is 0 Å². The molecule has 0 unspecified atom stereocenters. The number of hydrogen-bond donors (Lipinski definition) is 2. The van der Waals surface area contributed by atoms with Crippen LogP contribution in [-0.4, -0.2) is 34.1 Å². The number of rotatable bonds is 4. The number of carboxylic acid groups (broad SMARTS) is 1. The summed E-state index contributed by atoms with van der Waals surface area (Å²) in [6.45, 7) is 10.3. The largest absolute Gasteiger partial charge is 0.478 e. The van der Waals surface area contributed by atoms with Crippen molar-refractivity contribution in [2.75, 3.05) is 18.0 Å². The van der Waals surface area contributed by atoms with Crippen LogP contribution in [0.5, 0.6) is 0 Å². The Morgan fingerprint density at radius 3 is 2.00 bits per heavy atom. The Morgan fingerprint density at radius 2 is 1.45 bits per heavy atom. The summed E-state index contributed by atoms with van der Waals surface area (Å²) in [5, 5.41) is 8.97. The van der Waals surface area contributed by atoms with E-state index in [1.165, 1.54) is 18.5 Å². The van der Waals surface area contributed by atoms with Gasteiger partial charge >= 0.3 is 5.97 Å². The summed E-state index contributed by atoms with van der Waals surface area (Å²) >= 11 is 0. The zero-order valence-electron chi connectivity index (χ0n) is 17.8. The third-order valence-corrected chi connectivity index (χ3v) is 4.63. The third-order valence-electron chi connectivity index (χ3n) is 4.63. The van der Waals surface area contributed by atoms with Crippen molar-refractivity contribution in [1.82, 2.24) is 9.97 Å². The number of carboxylic acids is 1. The number of aromatic carboxylic acids is 1. The Kier molecular flexibility index (Phi) is 8.46. The van der Waals surface area contributed by atoms with Gasteiger partial charge in [-0.1, -0.05) is 52.0 Å². The SMILES string of the molecule is CC.CC.O=C(O)c1ccc(-c2ncc(-c3ccc(N4CCCC4)cc3)[nH]2)cc1. The first-order valence-electron chi connectivity index (χ1n) is 10.4. The van der Waals surface area contributed by atoms with Crippen molar-refractivity contribution >= 4 is 11.7 Å². The number of aromatic amines is 1. The summed E-state index contributed by atoms with van der Waals surface area (Å²) in [5.74, 6) is -0.194. The molecule has 0 spiro atoms. The molecule has 1 aliphatic rings. The van der Waals surface area contributed by atoms with Gasteiger partial charge in [-0.25, -0.2) is 9.78 Å². The van der Waals surface area contributed by atoms with Crippen LogP contribution in [0.15, 0.2) is 54.7 Å². The number of hydrogen-bond acceptors (Lipinski definition) is 3. The second-order valence-electron chi connectivity index (χ2n) is 6.27. The lowest BCUT2D eigenvalue weighted by atomic mass is 10.1. The number of nitrogens with one attached hydrogen (secondary N) is 1. The molecule has 29 heavy (non-hydrogen) atoms. The van der Waals surface area contributed by atoms with Crippen LogP contribution in [-0.2, 0) is 0 Å². The molecular formula is C24H31N3O2. The molecule has 0 radical (unpaired) electrons. The molecule has 1 aliphatic heterocycles. The summed E-state index contributed by atoms with van der Waals surface area (Å²) in [7, 11) is 0. The average molecular weight is 394 g/mol. The Bertz CT molecular complexity index is 877. The van der Waals surface area contributed by atoms with Crippen molar-refractivity contribution < 1.29 is 9.90 Å². The van der Waals surface area contributed by atoms with Gasteiger partial charge < -0.3 is 15.0 Å². The number of H-pyrrole nitrogens is 1. The van der Waals surface area contributed by atoms with Crippen LogP contribution in [0.25, 0.3) is 22.6 Å². The number of imidazole rings is 1. The quantitative estimate of drug-likeness (QED) is 0.562. The molecule has 0 aliphatic carbocycles. The van der Waals surface area contributed by atoms with E-state index in [2.05, 4.69) is 39.1 Å². The van der Waals surface area contributed by atoms with Crippen molar-refractivity contribution in [2.24, 2.45) is 0 Å². The Labute approximate surface area is 173 Å². The van der Waals surface area contributed by atoms with Crippen LogP contribution in [0.3, 0.4) is 0 Å². The first-order valence-corrected chi connectivity index (χ1v) is 10.4. The van der Waals surface area contributed by atoms with Gasteiger partial charge in [0.2, 0.25) is 0 Å². The van der Waals surface area contributed by atoms with Gasteiger partial charge in [0.25, 0.3) is 0 Å². The van der Waals surface area contributed by atoms with Gasteiger partial charge in [0.1, 0.15) is 5.82 Å². The van der Waals surface area contributed by atoms with Gasteiger partial charge in [0.15, 0.2) is 0 Å². The van der Waals surface area contributed by atoms with Gasteiger partial charge in [-0.2, -0.15) is 0 Å². The molecule has 1 saturated heterocycles. The number of nitrogens with zero attached hydrogens (tertiary/aromatic N) is 2. The summed E-state index contributed by atoms with van der Waals surface area (Å²) in [4.78, 5) is 21.1. The number of benzene rings is 2. The monoisotopic (exact) mass is 393 g/mol. The summed E-state index contributed by atoms with van der Waals surface area (Å²) < 4.78 is 0. The molecular weight excluding hydrogens is 362 g/mol. The molecule has 154 valence electrons. The lowest BCUT2D eigenvalue weighted by molar-refractivity contribution is 0.0697. The maximum Gasteiger partial charge on any atom is 0.335 e. The van der Waals surface area contributed by atoms with Crippen molar-refractivity contribution in [2.45, 2.75) is 40.5 Å². The molecule has 3 aromatic rings. The van der Waals surface area contributed by atoms with Crippen LogP contribution >= 0.6 is 0 Å². The minimum absolute atomic E-state index is 0.271. The van der Waals surface area contributed by atoms with E-state index in [9.17, 15) is 4.79 Å². The zero-order valence-corrected chi connectivity index (χ0v) is 17.8. The molecule has 5 nitrogen and oxygen atoms in total. The lowest BCUT2D eigenvalue weighted by Crippen LogP contribution is -2.17. The van der Waals surface area contributed by atoms with E-state index in [0.29, 0.717) is 0 Å². The van der Waals surface area contributed by atoms with Crippen LogP contribution < -0.4 is 4.90 Å². The van der Waals surface area contributed by atoms with Crippen LogP contribution in [0.1, 0.15) is 50.9 Å². The molecule has 0 saturated carbocycles. The Balaban J connectivity index is 0.000000707. The van der Waals surface area contributed by atoms with Crippen molar-refractivity contribution in [1.29, 1.82) is 0 Å². The van der Waals surface area contributed by atoms with Crippen molar-refractivity contribution in [3.05, 3.63) is 60.3 Å². The smallest absolute Gasteiger partial charge is 0.335 e. The van der Waals surface area contributed by atoms with Gasteiger partial charge in [0.05, 0.1) is 17.5 Å². The fourth-order valence-electron chi connectivity index (χ4n) is 3.21. The van der Waals surface area contributed by atoms with Gasteiger partial charge in [-0.15, -0.1) is 0 Å². The minimum atomic E-state index is -0.926. The van der Waals surface area contributed by atoms with Crippen LogP contribution in [0, 0.1) is 0 Å². The van der Waals surface area contributed by atoms with Gasteiger partial charge in [-0.05, 0) is 42.7 Å². The maximum absolute atomic E-state index is 10.9. The summed E-state index contributed by atoms with van der Waals surface area (Å²) in [5.41, 5.74) is 4.44. The van der Waals surface area contributed by atoms with E-state index in [4.69, 9.17) is 5.11 Å². The molecule has 0 atom stereocenters. The number of aromatic nitrogens is 2. The topological polar surface area (TPSA) is 69.2 Å². The first kappa shape index (κ1) is 22.2. The first-order chi connectivity index (χ1) is 14.2. The molecule has 2 aromatic carbocycles. The van der Waals surface area contributed by atoms with E-state index >= 15 is 0 Å². The van der Waals surface area contributed by atoms with Crippen LogP contribution in [0.4, 0.5) is 5.69 Å². The second kappa shape index (κ2) is 11.1. The lowest BCUT2D eigenvalue weighted by Gasteiger charge is -2.17. The molecule has 2 heterocycles. The molecule has 1 aromatic heterocycles. The van der Waals surface area contributed by atoms with E-state index in [1.807, 2.05) is 33.9 Å². The molecule has 1 fully saturated rings. The minimum Gasteiger partial charge on any atom is -0.478 e. The maximum atomic E-state index is 10.9. The van der Waals surface area contributed by atoms with Crippen molar-refractivity contribution in [3.63, 3.8) is 0 Å². The standard InChI is InChI=1S/C20H19N3O2.2C2H6/c24-20(25)16-5-3-15(4-6-16)19-21-13-18(22-19)14-7-9-17(10-8-14)23-11-1-2-12-23;2*1-2/h3-10,13H,1-2,11-12H2,(H,21,22)(H,24,25);2*1-2H3. The Hall–Kier alpha value is -3.08. The average Bonchev–Trinajstić information content (AvgIpc) is 3.49. The summed E-state index contributed by atoms with van der Waals surface area (Å²) in [6.07, 6.45) is 4.35. The fraction of sp³-hybridized carbons (Fsp3) is 0.333. The van der Waals surface area contributed by atoms with Crippen molar-refractivity contribution in [3.8, 4) is 22.6 Å². The Morgan fingerprint density at radius 1 is 0.897 bits per heavy atom. The van der Waals surface area contributed by atoms with E-state index < -0.39 is 5.97 Å². The third kappa shape index (κ3) is 5.47. The molecule has 5 heteroatoms. The molecule has 4 rings (SSSR count). The van der Waals surface area contributed by atoms with Gasteiger partial charge in [-0.3, -0.25) is 0 Å². The number of anilines is 1. The second-order valence-corrected chi connectivity index (χ2v) is 6.27. The predicted molar refractivity (Wildman–Crippen MR) is 121 cm³/mol. The highest BCUT2D eigenvalue weighted by Crippen LogP contribution is 2.26. The normalized spacial score (nSPS) is 12.5. The fourth-order valence-corrected chi connectivity index (χ4v) is 3.21. The molecule has 2 N–H and O–H groups in total. The summed E-state index contributed by atoms with van der Waals surface area (Å²) in [6, 6.07) is 15.2. The molecule has 0 amide bonds.